The van der Waals surface area contributed by atoms with Gasteiger partial charge < -0.3 is 20.2 Å². The molecule has 3 rings (SSSR count). The second kappa shape index (κ2) is 9.10. The van der Waals surface area contributed by atoms with Gasteiger partial charge in [0.2, 0.25) is 0 Å². The van der Waals surface area contributed by atoms with Crippen LogP contribution in [0.15, 0.2) is 24.3 Å². The molecule has 0 saturated heterocycles. The minimum absolute atomic E-state index is 0.115. The molecule has 0 radical (unpaired) electrons. The molecule has 1 aromatic carbocycles. The second-order valence-corrected chi connectivity index (χ2v) is 14.9. The van der Waals surface area contributed by atoms with Gasteiger partial charge in [-0.1, -0.05) is 32.9 Å². The number of carboxylic acids is 1. The van der Waals surface area contributed by atoms with Gasteiger partial charge in [0.15, 0.2) is 8.32 Å². The Morgan fingerprint density at radius 2 is 1.88 bits per heavy atom. The lowest BCUT2D eigenvalue weighted by molar-refractivity contribution is -0.0554. The van der Waals surface area contributed by atoms with Crippen molar-refractivity contribution >= 4 is 26.0 Å². The number of aromatic carboxylic acids is 1. The summed E-state index contributed by atoms with van der Waals surface area (Å²) in [4.78, 5) is 24.2. The summed E-state index contributed by atoms with van der Waals surface area (Å²) in [5.41, 5.74) is -0.0519. The number of nitrogens with zero attached hydrogens (tertiary/aromatic N) is 2. The number of carboxylic acid groups (broad SMARTS) is 1. The zero-order valence-corrected chi connectivity index (χ0v) is 21.3. The molecule has 186 valence electrons. The van der Waals surface area contributed by atoms with Crippen molar-refractivity contribution < 1.29 is 27.9 Å². The van der Waals surface area contributed by atoms with E-state index >= 15 is 8.78 Å². The average molecular weight is 495 g/mol. The highest BCUT2D eigenvalue weighted by atomic mass is 28.4. The Morgan fingerprint density at radius 1 is 1.26 bits per heavy atom. The molecule has 1 aromatic heterocycles. The molecule has 2 heterocycles. The Morgan fingerprint density at radius 3 is 2.44 bits per heavy atom. The van der Waals surface area contributed by atoms with Crippen LogP contribution < -0.4 is 10.6 Å². The van der Waals surface area contributed by atoms with Gasteiger partial charge in [-0.05, 0) is 42.8 Å². The van der Waals surface area contributed by atoms with Gasteiger partial charge in [-0.15, -0.1) is 0 Å². The third-order valence-corrected chi connectivity index (χ3v) is 11.0. The quantitative estimate of drug-likeness (QED) is 0.463. The van der Waals surface area contributed by atoms with Gasteiger partial charge in [0.1, 0.15) is 23.7 Å². The fraction of sp³-hybridized carbons (Fsp3) is 0.522. The van der Waals surface area contributed by atoms with E-state index in [4.69, 9.17) is 9.53 Å². The van der Waals surface area contributed by atoms with Crippen LogP contribution in [0.2, 0.25) is 18.1 Å². The molecule has 3 N–H and O–H groups in total. The number of anilines is 1. The average Bonchev–Trinajstić information content (AvgIpc) is 3.33. The highest BCUT2D eigenvalue weighted by Gasteiger charge is 2.46. The lowest BCUT2D eigenvalue weighted by Crippen LogP contribution is -2.43. The van der Waals surface area contributed by atoms with Crippen LogP contribution in [0.1, 0.15) is 65.7 Å². The molecule has 1 aliphatic rings. The highest BCUT2D eigenvalue weighted by molar-refractivity contribution is 6.74. The zero-order chi connectivity index (χ0) is 25.5. The number of carbonyl (C=O) groups is 2. The number of amides is 1. The standard InChI is InChI=1S/C23H32F2N4O4Si/c1-14(15-7-9-16(10-8-15)21(31)32)27-20(30)17-18(28-29-12-11-26-19(17)29)23(24,25)13-33-34(5,6)22(2,3)4/h7-10,14,26H,11-13H2,1-6H3,(H,27,30)(H,31,32)/t14-/m0/s1. The molecule has 0 unspecified atom stereocenters. The largest absolute Gasteiger partial charge is 0.478 e. The first-order valence-corrected chi connectivity index (χ1v) is 14.1. The predicted octanol–water partition coefficient (Wildman–Crippen LogP) is 4.61. The summed E-state index contributed by atoms with van der Waals surface area (Å²) in [6.45, 7) is 11.4. The number of carbonyl (C=O) groups excluding carboxylic acids is 1. The number of hydrogen-bond acceptors (Lipinski definition) is 5. The van der Waals surface area contributed by atoms with Gasteiger partial charge >= 0.3 is 11.9 Å². The molecule has 1 aliphatic heterocycles. The topological polar surface area (TPSA) is 105 Å². The Kier molecular flexibility index (Phi) is 6.91. The maximum atomic E-state index is 15.4. The van der Waals surface area contributed by atoms with Gasteiger partial charge in [0.05, 0.1) is 18.2 Å². The van der Waals surface area contributed by atoms with Crippen molar-refractivity contribution in [2.24, 2.45) is 0 Å². The zero-order valence-electron chi connectivity index (χ0n) is 20.3. The lowest BCUT2D eigenvalue weighted by Gasteiger charge is -2.37. The van der Waals surface area contributed by atoms with E-state index in [2.05, 4.69) is 15.7 Å². The molecule has 0 bridgehead atoms. The van der Waals surface area contributed by atoms with E-state index in [1.54, 1.807) is 19.1 Å². The Bertz CT molecular complexity index is 1080. The van der Waals surface area contributed by atoms with Crippen LogP contribution in [0.3, 0.4) is 0 Å². The molecule has 8 nitrogen and oxygen atoms in total. The number of aromatic nitrogens is 2. The molecule has 34 heavy (non-hydrogen) atoms. The lowest BCUT2D eigenvalue weighted by atomic mass is 10.0. The van der Waals surface area contributed by atoms with Crippen LogP contribution in [-0.2, 0) is 16.9 Å². The van der Waals surface area contributed by atoms with Crippen LogP contribution in [0.5, 0.6) is 0 Å². The summed E-state index contributed by atoms with van der Waals surface area (Å²) in [5, 5.41) is 18.6. The molecular weight excluding hydrogens is 462 g/mol. The Balaban J connectivity index is 1.85. The van der Waals surface area contributed by atoms with E-state index in [0.29, 0.717) is 18.7 Å². The maximum Gasteiger partial charge on any atom is 0.335 e. The van der Waals surface area contributed by atoms with Crippen molar-refractivity contribution in [2.75, 3.05) is 18.5 Å². The maximum absolute atomic E-state index is 15.4. The molecule has 1 atom stereocenters. The predicted molar refractivity (Wildman–Crippen MR) is 127 cm³/mol. The minimum atomic E-state index is -3.46. The van der Waals surface area contributed by atoms with Crippen LogP contribution in [0.4, 0.5) is 14.6 Å². The van der Waals surface area contributed by atoms with E-state index in [-0.39, 0.29) is 22.0 Å². The summed E-state index contributed by atoms with van der Waals surface area (Å²) < 4.78 is 37.9. The van der Waals surface area contributed by atoms with Gasteiger partial charge in [-0.3, -0.25) is 4.79 Å². The molecular formula is C23H32F2N4O4Si. The Labute approximate surface area is 198 Å². The third kappa shape index (κ3) is 5.14. The van der Waals surface area contributed by atoms with Crippen molar-refractivity contribution in [3.8, 4) is 0 Å². The monoisotopic (exact) mass is 494 g/mol. The van der Waals surface area contributed by atoms with Gasteiger partial charge in [-0.2, -0.15) is 13.9 Å². The highest BCUT2D eigenvalue weighted by Crippen LogP contribution is 2.40. The molecule has 0 fully saturated rings. The fourth-order valence-electron chi connectivity index (χ4n) is 3.38. The van der Waals surface area contributed by atoms with E-state index in [1.807, 2.05) is 33.9 Å². The van der Waals surface area contributed by atoms with Crippen molar-refractivity contribution in [2.45, 2.75) is 64.3 Å². The first-order valence-electron chi connectivity index (χ1n) is 11.1. The number of halogens is 2. The molecule has 1 amide bonds. The number of nitrogens with one attached hydrogen (secondary N) is 2. The molecule has 0 spiro atoms. The van der Waals surface area contributed by atoms with E-state index < -0.39 is 44.5 Å². The third-order valence-electron chi connectivity index (χ3n) is 6.57. The van der Waals surface area contributed by atoms with E-state index in [9.17, 15) is 9.59 Å². The van der Waals surface area contributed by atoms with E-state index in [0.717, 1.165) is 0 Å². The van der Waals surface area contributed by atoms with E-state index in [1.165, 1.54) is 16.8 Å². The summed E-state index contributed by atoms with van der Waals surface area (Å²) in [5.74, 6) is -4.95. The number of alkyl halides is 2. The van der Waals surface area contributed by atoms with Gasteiger partial charge in [0.25, 0.3) is 5.91 Å². The molecule has 2 aromatic rings. The summed E-state index contributed by atoms with van der Waals surface area (Å²) in [7, 11) is -2.45. The first-order chi connectivity index (χ1) is 15.6. The number of benzene rings is 1. The smallest absolute Gasteiger partial charge is 0.335 e. The van der Waals surface area contributed by atoms with Crippen LogP contribution >= 0.6 is 0 Å². The summed E-state index contributed by atoms with van der Waals surface area (Å²) in [6, 6.07) is 5.47. The molecule has 0 aliphatic carbocycles. The normalized spacial score (nSPS) is 14.9. The minimum Gasteiger partial charge on any atom is -0.478 e. The van der Waals surface area contributed by atoms with Crippen molar-refractivity contribution in [1.82, 2.24) is 15.1 Å². The first kappa shape index (κ1) is 25.8. The summed E-state index contributed by atoms with van der Waals surface area (Å²) >= 11 is 0. The van der Waals surface area contributed by atoms with Crippen molar-refractivity contribution in [3.63, 3.8) is 0 Å². The van der Waals surface area contributed by atoms with Gasteiger partial charge in [0, 0.05) is 6.54 Å². The SMILES string of the molecule is C[C@H](NC(=O)c1c(C(F)(F)CO[Si](C)(C)C(C)(C)C)nn2c1NCC2)c1ccc(C(=O)O)cc1. The van der Waals surface area contributed by atoms with Crippen molar-refractivity contribution in [1.29, 1.82) is 0 Å². The van der Waals surface area contributed by atoms with Crippen LogP contribution in [0, 0.1) is 0 Å². The van der Waals surface area contributed by atoms with Gasteiger partial charge in [-0.25, -0.2) is 9.48 Å². The van der Waals surface area contributed by atoms with Crippen LogP contribution in [-0.4, -0.2) is 48.2 Å². The fourth-order valence-corrected chi connectivity index (χ4v) is 4.35. The number of hydrogen-bond donors (Lipinski definition) is 3. The summed E-state index contributed by atoms with van der Waals surface area (Å²) in [6.07, 6.45) is 0. The molecule has 0 saturated carbocycles. The Hall–Kier alpha value is -2.79. The number of rotatable bonds is 8. The van der Waals surface area contributed by atoms with Crippen molar-refractivity contribution in [3.05, 3.63) is 46.6 Å². The number of fused-ring (bicyclic) bond motifs is 1. The molecule has 11 heteroatoms. The second-order valence-electron chi connectivity index (χ2n) is 10.1. The van der Waals surface area contributed by atoms with Crippen LogP contribution in [0.25, 0.3) is 0 Å².